The molecule has 34 heavy (non-hydrogen) atoms. The first-order valence-corrected chi connectivity index (χ1v) is 14.2. The van der Waals surface area contributed by atoms with Crippen molar-refractivity contribution in [2.24, 2.45) is 0 Å². The van der Waals surface area contributed by atoms with E-state index in [0.717, 1.165) is 44.3 Å². The Morgan fingerprint density at radius 3 is 2.53 bits per heavy atom. The summed E-state index contributed by atoms with van der Waals surface area (Å²) in [5, 5.41) is 11.1. The van der Waals surface area contributed by atoms with Crippen LogP contribution in [-0.2, 0) is 10.0 Å². The summed E-state index contributed by atoms with van der Waals surface area (Å²) < 4.78 is 27.6. The lowest BCUT2D eigenvalue weighted by Crippen LogP contribution is -2.41. The zero-order chi connectivity index (χ0) is 23.5. The van der Waals surface area contributed by atoms with Crippen molar-refractivity contribution in [2.75, 3.05) is 38.5 Å². The fraction of sp³-hybridized carbons (Fsp3) is 0.481. The third-order valence-corrected chi connectivity index (χ3v) is 9.42. The van der Waals surface area contributed by atoms with Crippen LogP contribution in [0.2, 0.25) is 0 Å². The number of aliphatic hydroxyl groups is 1. The first-order chi connectivity index (χ1) is 16.5. The van der Waals surface area contributed by atoms with Crippen LogP contribution in [0.1, 0.15) is 43.6 Å². The summed E-state index contributed by atoms with van der Waals surface area (Å²) in [5.41, 5.74) is 4.84. The molecule has 5 rings (SSSR count). The SMILES string of the molecule is O=S(=O)(CCCN1CCCC(O)C1)N1CCC(c2c[nH]c3ccc(-c4ccccc4)cc23)CC1. The van der Waals surface area contributed by atoms with E-state index in [1.165, 1.54) is 22.1 Å². The van der Waals surface area contributed by atoms with Gasteiger partial charge >= 0.3 is 0 Å². The zero-order valence-corrected chi connectivity index (χ0v) is 20.5. The van der Waals surface area contributed by atoms with Crippen molar-refractivity contribution in [3.05, 3.63) is 60.3 Å². The normalized spacial score (nSPS) is 21.3. The second kappa shape index (κ2) is 10.2. The molecule has 0 spiro atoms. The summed E-state index contributed by atoms with van der Waals surface area (Å²) >= 11 is 0. The number of aromatic amines is 1. The predicted octanol–water partition coefficient (Wildman–Crippen LogP) is 4.19. The molecule has 6 nitrogen and oxygen atoms in total. The van der Waals surface area contributed by atoms with Gasteiger partial charge in [0.15, 0.2) is 0 Å². The predicted molar refractivity (Wildman–Crippen MR) is 137 cm³/mol. The highest BCUT2D eigenvalue weighted by atomic mass is 32.2. The maximum absolute atomic E-state index is 13.0. The second-order valence-electron chi connectivity index (χ2n) is 9.81. The molecule has 0 amide bonds. The Balaban J connectivity index is 1.20. The number of rotatable bonds is 7. The van der Waals surface area contributed by atoms with Crippen molar-refractivity contribution in [1.82, 2.24) is 14.2 Å². The molecule has 7 heteroatoms. The number of hydrogen-bond donors (Lipinski definition) is 2. The zero-order valence-electron chi connectivity index (χ0n) is 19.7. The first kappa shape index (κ1) is 23.5. The average Bonchev–Trinajstić information content (AvgIpc) is 3.28. The lowest BCUT2D eigenvalue weighted by molar-refractivity contribution is 0.0709. The molecule has 1 atom stereocenters. The molecule has 2 aromatic carbocycles. The van der Waals surface area contributed by atoms with Crippen molar-refractivity contribution >= 4 is 20.9 Å². The van der Waals surface area contributed by atoms with Crippen LogP contribution in [-0.4, -0.2) is 72.3 Å². The standard InChI is InChI=1S/C27H35N3O3S/c31-24-8-4-13-29(20-24)14-5-17-34(32,33)30-15-11-22(12-16-30)26-19-28-27-10-9-23(18-25(26)27)21-6-2-1-3-7-21/h1-3,6-7,9-10,18-19,22,24,28,31H,4-5,8,11-17,20H2. The van der Waals surface area contributed by atoms with Crippen molar-refractivity contribution in [3.63, 3.8) is 0 Å². The van der Waals surface area contributed by atoms with E-state index < -0.39 is 10.0 Å². The molecule has 2 N–H and O–H groups in total. The van der Waals surface area contributed by atoms with Crippen LogP contribution in [0.4, 0.5) is 0 Å². The maximum Gasteiger partial charge on any atom is 0.214 e. The van der Waals surface area contributed by atoms with Gasteiger partial charge in [-0.1, -0.05) is 36.4 Å². The lowest BCUT2D eigenvalue weighted by atomic mass is 9.89. The molecule has 1 aromatic heterocycles. The van der Waals surface area contributed by atoms with Gasteiger partial charge in [0.05, 0.1) is 11.9 Å². The van der Waals surface area contributed by atoms with Crippen molar-refractivity contribution < 1.29 is 13.5 Å². The minimum absolute atomic E-state index is 0.192. The Morgan fingerprint density at radius 2 is 1.76 bits per heavy atom. The monoisotopic (exact) mass is 481 g/mol. The summed E-state index contributed by atoms with van der Waals surface area (Å²) in [6.07, 6.45) is 6.01. The van der Waals surface area contributed by atoms with E-state index in [1.54, 1.807) is 4.31 Å². The van der Waals surface area contributed by atoms with E-state index in [1.807, 2.05) is 6.07 Å². The Labute approximate surface area is 202 Å². The molecule has 1 unspecified atom stereocenters. The number of likely N-dealkylation sites (tertiary alicyclic amines) is 1. The van der Waals surface area contributed by atoms with E-state index in [0.29, 0.717) is 32.0 Å². The summed E-state index contributed by atoms with van der Waals surface area (Å²) in [7, 11) is -3.24. The number of aliphatic hydroxyl groups excluding tert-OH is 1. The smallest absolute Gasteiger partial charge is 0.214 e. The van der Waals surface area contributed by atoms with Crippen molar-refractivity contribution in [3.8, 4) is 11.1 Å². The highest BCUT2D eigenvalue weighted by Gasteiger charge is 2.29. The van der Waals surface area contributed by atoms with E-state index in [2.05, 4.69) is 58.5 Å². The van der Waals surface area contributed by atoms with Crippen LogP contribution < -0.4 is 0 Å². The minimum atomic E-state index is -3.24. The number of benzene rings is 2. The summed E-state index contributed by atoms with van der Waals surface area (Å²) in [4.78, 5) is 5.60. The Hall–Kier alpha value is -2.19. The van der Waals surface area contributed by atoms with Gasteiger partial charge in [0.2, 0.25) is 10.0 Å². The molecule has 0 bridgehead atoms. The van der Waals surface area contributed by atoms with E-state index >= 15 is 0 Å². The maximum atomic E-state index is 13.0. The van der Waals surface area contributed by atoms with Crippen molar-refractivity contribution in [1.29, 1.82) is 0 Å². The number of sulfonamides is 1. The van der Waals surface area contributed by atoms with Crippen LogP contribution in [0.5, 0.6) is 0 Å². The third kappa shape index (κ3) is 5.23. The molecule has 2 fully saturated rings. The van der Waals surface area contributed by atoms with E-state index in [-0.39, 0.29) is 11.9 Å². The molecule has 2 aliphatic rings. The number of piperidine rings is 2. The molecular formula is C27H35N3O3S. The number of fused-ring (bicyclic) bond motifs is 1. The summed E-state index contributed by atoms with van der Waals surface area (Å²) in [5.74, 6) is 0.554. The fourth-order valence-corrected chi connectivity index (χ4v) is 7.09. The molecule has 2 aliphatic heterocycles. The molecule has 182 valence electrons. The van der Waals surface area contributed by atoms with E-state index in [9.17, 15) is 13.5 Å². The van der Waals surface area contributed by atoms with Gasteiger partial charge in [0, 0.05) is 36.7 Å². The van der Waals surface area contributed by atoms with Crippen LogP contribution in [0, 0.1) is 0 Å². The molecule has 3 aromatic rings. The quantitative estimate of drug-likeness (QED) is 0.531. The Bertz CT molecular complexity index is 1200. The summed E-state index contributed by atoms with van der Waals surface area (Å²) in [6.45, 7) is 3.54. The van der Waals surface area contributed by atoms with Crippen molar-refractivity contribution in [2.45, 2.75) is 44.1 Å². The van der Waals surface area contributed by atoms with Gasteiger partial charge in [-0.3, -0.25) is 0 Å². The van der Waals surface area contributed by atoms with Crippen LogP contribution in [0.15, 0.2) is 54.7 Å². The van der Waals surface area contributed by atoms with Crippen LogP contribution in [0.25, 0.3) is 22.0 Å². The number of β-amino-alcohol motifs (C(OH)–C–C–N with tert-alkyl or cyclic N) is 1. The molecule has 0 radical (unpaired) electrons. The number of aromatic nitrogens is 1. The highest BCUT2D eigenvalue weighted by molar-refractivity contribution is 7.89. The summed E-state index contributed by atoms with van der Waals surface area (Å²) in [6, 6.07) is 17.0. The molecule has 3 heterocycles. The number of hydrogen-bond acceptors (Lipinski definition) is 4. The second-order valence-corrected chi connectivity index (χ2v) is 11.9. The Kier molecular flexibility index (Phi) is 7.06. The fourth-order valence-electron chi connectivity index (χ4n) is 5.57. The Morgan fingerprint density at radius 1 is 0.971 bits per heavy atom. The van der Waals surface area contributed by atoms with Gasteiger partial charge in [-0.25, -0.2) is 12.7 Å². The topological polar surface area (TPSA) is 76.6 Å². The lowest BCUT2D eigenvalue weighted by Gasteiger charge is -2.32. The number of H-pyrrole nitrogens is 1. The van der Waals surface area contributed by atoms with Crippen LogP contribution in [0.3, 0.4) is 0 Å². The van der Waals surface area contributed by atoms with Gasteiger partial charge in [0.25, 0.3) is 0 Å². The first-order valence-electron chi connectivity index (χ1n) is 12.5. The minimum Gasteiger partial charge on any atom is -0.392 e. The molecule has 0 saturated carbocycles. The molecular weight excluding hydrogens is 446 g/mol. The highest BCUT2D eigenvalue weighted by Crippen LogP contribution is 2.35. The van der Waals surface area contributed by atoms with Gasteiger partial charge in [-0.15, -0.1) is 0 Å². The van der Waals surface area contributed by atoms with Gasteiger partial charge in [-0.2, -0.15) is 0 Å². The van der Waals surface area contributed by atoms with Gasteiger partial charge in [0.1, 0.15) is 0 Å². The third-order valence-electron chi connectivity index (χ3n) is 7.47. The largest absolute Gasteiger partial charge is 0.392 e. The molecule has 0 aliphatic carbocycles. The number of nitrogens with zero attached hydrogens (tertiary/aromatic N) is 2. The number of nitrogens with one attached hydrogen (secondary N) is 1. The average molecular weight is 482 g/mol. The van der Waals surface area contributed by atoms with E-state index in [4.69, 9.17) is 0 Å². The van der Waals surface area contributed by atoms with Gasteiger partial charge < -0.3 is 15.0 Å². The molecule has 2 saturated heterocycles. The van der Waals surface area contributed by atoms with Gasteiger partial charge in [-0.05, 0) is 79.9 Å². The van der Waals surface area contributed by atoms with Crippen LogP contribution >= 0.6 is 0 Å².